The second kappa shape index (κ2) is 6.07. The van der Waals surface area contributed by atoms with Crippen LogP contribution in [-0.4, -0.2) is 14.9 Å². The molecule has 0 aromatic carbocycles. The average molecular weight is 299 g/mol. The lowest BCUT2D eigenvalue weighted by atomic mass is 9.73. The van der Waals surface area contributed by atoms with Crippen molar-refractivity contribution >= 4 is 11.6 Å². The zero-order valence-corrected chi connectivity index (χ0v) is 14.0. The van der Waals surface area contributed by atoms with E-state index in [-0.39, 0.29) is 5.92 Å². The molecule has 1 aromatic heterocycles. The van der Waals surface area contributed by atoms with Gasteiger partial charge in [-0.2, -0.15) is 5.10 Å². The van der Waals surface area contributed by atoms with E-state index in [0.29, 0.717) is 22.9 Å². The third kappa shape index (κ3) is 3.04. The summed E-state index contributed by atoms with van der Waals surface area (Å²) in [5.74, 6) is 1.93. The van der Waals surface area contributed by atoms with Crippen LogP contribution in [0, 0.1) is 17.8 Å². The predicted octanol–water partition coefficient (Wildman–Crippen LogP) is 4.30. The Labute approximate surface area is 127 Å². The molecule has 1 aliphatic rings. The summed E-state index contributed by atoms with van der Waals surface area (Å²) in [5, 5.41) is 15.9. The zero-order chi connectivity index (χ0) is 15.0. The van der Waals surface area contributed by atoms with Gasteiger partial charge in [-0.1, -0.05) is 39.3 Å². The molecule has 3 nitrogen and oxygen atoms in total. The Bertz CT molecular complexity index is 459. The second-order valence-electron chi connectivity index (χ2n) is 6.99. The summed E-state index contributed by atoms with van der Waals surface area (Å²) in [7, 11) is 1.84. The van der Waals surface area contributed by atoms with Crippen molar-refractivity contribution < 1.29 is 5.11 Å². The first-order valence-electron chi connectivity index (χ1n) is 7.71. The summed E-state index contributed by atoms with van der Waals surface area (Å²) in [4.78, 5) is 0. The summed E-state index contributed by atoms with van der Waals surface area (Å²) in [6, 6.07) is 0. The molecule has 1 aromatic rings. The molecule has 0 spiro atoms. The van der Waals surface area contributed by atoms with Crippen molar-refractivity contribution in [1.29, 1.82) is 0 Å². The maximum atomic E-state index is 10.9. The number of aryl methyl sites for hydroxylation is 1. The van der Waals surface area contributed by atoms with E-state index < -0.39 is 6.10 Å². The Morgan fingerprint density at radius 2 is 1.75 bits per heavy atom. The molecule has 0 radical (unpaired) electrons. The Balaban J connectivity index is 2.30. The summed E-state index contributed by atoms with van der Waals surface area (Å²) >= 11 is 6.39. The smallest absolute Gasteiger partial charge is 0.132 e. The molecule has 4 heteroatoms. The first-order valence-corrected chi connectivity index (χ1v) is 8.09. The van der Waals surface area contributed by atoms with Crippen molar-refractivity contribution in [2.24, 2.45) is 24.8 Å². The lowest BCUT2D eigenvalue weighted by Gasteiger charge is -2.34. The van der Waals surface area contributed by atoms with Crippen LogP contribution in [-0.2, 0) is 7.05 Å². The van der Waals surface area contributed by atoms with Gasteiger partial charge in [-0.3, -0.25) is 4.68 Å². The van der Waals surface area contributed by atoms with Gasteiger partial charge >= 0.3 is 0 Å². The summed E-state index contributed by atoms with van der Waals surface area (Å²) in [5.41, 5.74) is 1.80. The Hall–Kier alpha value is -0.540. The van der Waals surface area contributed by atoms with Crippen LogP contribution in [0.4, 0.5) is 0 Å². The van der Waals surface area contributed by atoms with Crippen LogP contribution >= 0.6 is 11.6 Å². The molecule has 0 saturated heterocycles. The topological polar surface area (TPSA) is 38.1 Å². The minimum atomic E-state index is -0.487. The third-order valence-electron chi connectivity index (χ3n) is 4.54. The molecule has 1 heterocycles. The van der Waals surface area contributed by atoms with Gasteiger partial charge in [0.1, 0.15) is 5.15 Å². The minimum absolute atomic E-state index is 0.275. The van der Waals surface area contributed by atoms with Gasteiger partial charge in [0, 0.05) is 12.6 Å². The van der Waals surface area contributed by atoms with Crippen LogP contribution in [0.15, 0.2) is 0 Å². The minimum Gasteiger partial charge on any atom is -0.388 e. The fourth-order valence-corrected chi connectivity index (χ4v) is 3.99. The number of hydrogen-bond acceptors (Lipinski definition) is 2. The first-order chi connectivity index (χ1) is 9.31. The molecule has 1 aliphatic carbocycles. The van der Waals surface area contributed by atoms with Crippen LogP contribution < -0.4 is 0 Å². The Morgan fingerprint density at radius 3 is 2.25 bits per heavy atom. The highest BCUT2D eigenvalue weighted by Gasteiger charge is 2.34. The highest BCUT2D eigenvalue weighted by molar-refractivity contribution is 6.30. The molecular weight excluding hydrogens is 272 g/mol. The van der Waals surface area contributed by atoms with Crippen molar-refractivity contribution in [2.45, 2.75) is 59.0 Å². The average Bonchev–Trinajstić information content (AvgIpc) is 2.64. The van der Waals surface area contributed by atoms with E-state index >= 15 is 0 Å². The Kier molecular flexibility index (Phi) is 4.80. The van der Waals surface area contributed by atoms with Crippen molar-refractivity contribution in [3.05, 3.63) is 16.4 Å². The maximum Gasteiger partial charge on any atom is 0.132 e. The van der Waals surface area contributed by atoms with Crippen LogP contribution in [0.5, 0.6) is 0 Å². The summed E-state index contributed by atoms with van der Waals surface area (Å²) in [6.07, 6.45) is 2.93. The molecule has 0 aliphatic heterocycles. The first kappa shape index (κ1) is 15.8. The quantitative estimate of drug-likeness (QED) is 0.903. The van der Waals surface area contributed by atoms with E-state index in [1.165, 1.54) is 6.42 Å². The van der Waals surface area contributed by atoms with E-state index in [9.17, 15) is 5.11 Å². The SMILES string of the molecule is CC1CC(C)CC(C(O)c2c(C(C)C)nn(C)c2Cl)C1. The molecule has 1 fully saturated rings. The molecular formula is C16H27ClN2O. The van der Waals surface area contributed by atoms with Crippen LogP contribution in [0.1, 0.15) is 70.2 Å². The standard InChI is InChI=1S/C16H27ClN2O/c1-9(2)14-13(16(17)19(5)18-14)15(20)12-7-10(3)6-11(4)8-12/h9-12,15,20H,6-8H2,1-5H3. The second-order valence-corrected chi connectivity index (χ2v) is 7.35. The highest BCUT2D eigenvalue weighted by atomic mass is 35.5. The summed E-state index contributed by atoms with van der Waals surface area (Å²) in [6.45, 7) is 8.76. The number of rotatable bonds is 3. The van der Waals surface area contributed by atoms with Gasteiger partial charge in [0.2, 0.25) is 0 Å². The molecule has 3 unspecified atom stereocenters. The molecule has 0 bridgehead atoms. The van der Waals surface area contributed by atoms with Gasteiger partial charge in [-0.25, -0.2) is 0 Å². The van der Waals surface area contributed by atoms with Crippen molar-refractivity contribution in [1.82, 2.24) is 9.78 Å². The van der Waals surface area contributed by atoms with Gasteiger partial charge in [0.05, 0.1) is 11.8 Å². The van der Waals surface area contributed by atoms with Crippen molar-refractivity contribution in [3.63, 3.8) is 0 Å². The number of hydrogen-bond donors (Lipinski definition) is 1. The molecule has 3 atom stereocenters. The zero-order valence-electron chi connectivity index (χ0n) is 13.2. The number of aliphatic hydroxyl groups excluding tert-OH is 1. The number of halogens is 1. The maximum absolute atomic E-state index is 10.9. The largest absolute Gasteiger partial charge is 0.388 e. The predicted molar refractivity (Wildman–Crippen MR) is 82.9 cm³/mol. The van der Waals surface area contributed by atoms with E-state index in [4.69, 9.17) is 11.6 Å². The van der Waals surface area contributed by atoms with Crippen LogP contribution in [0.25, 0.3) is 0 Å². The molecule has 0 amide bonds. The number of aliphatic hydroxyl groups is 1. The molecule has 1 N–H and O–H groups in total. The molecule has 1 saturated carbocycles. The molecule has 114 valence electrons. The van der Waals surface area contributed by atoms with Crippen molar-refractivity contribution in [2.75, 3.05) is 0 Å². The lowest BCUT2D eigenvalue weighted by Crippen LogP contribution is -2.25. The van der Waals surface area contributed by atoms with Gasteiger partial charge in [0.15, 0.2) is 0 Å². The van der Waals surface area contributed by atoms with Crippen LogP contribution in [0.2, 0.25) is 5.15 Å². The van der Waals surface area contributed by atoms with Gasteiger partial charge < -0.3 is 5.11 Å². The van der Waals surface area contributed by atoms with Crippen LogP contribution in [0.3, 0.4) is 0 Å². The van der Waals surface area contributed by atoms with E-state index in [1.807, 2.05) is 7.05 Å². The van der Waals surface area contributed by atoms with E-state index in [0.717, 1.165) is 24.1 Å². The van der Waals surface area contributed by atoms with Crippen molar-refractivity contribution in [3.8, 4) is 0 Å². The fraction of sp³-hybridized carbons (Fsp3) is 0.812. The Morgan fingerprint density at radius 1 is 1.20 bits per heavy atom. The normalized spacial score (nSPS) is 28.9. The van der Waals surface area contributed by atoms with E-state index in [1.54, 1.807) is 4.68 Å². The van der Waals surface area contributed by atoms with Gasteiger partial charge in [-0.15, -0.1) is 0 Å². The molecule has 2 rings (SSSR count). The van der Waals surface area contributed by atoms with E-state index in [2.05, 4.69) is 32.8 Å². The fourth-order valence-electron chi connectivity index (χ4n) is 3.74. The van der Waals surface area contributed by atoms with Gasteiger partial charge in [-0.05, 0) is 42.9 Å². The lowest BCUT2D eigenvalue weighted by molar-refractivity contribution is 0.0544. The summed E-state index contributed by atoms with van der Waals surface area (Å²) < 4.78 is 1.69. The van der Waals surface area contributed by atoms with Gasteiger partial charge in [0.25, 0.3) is 0 Å². The third-order valence-corrected chi connectivity index (χ3v) is 4.99. The molecule has 20 heavy (non-hydrogen) atoms. The number of aromatic nitrogens is 2. The highest BCUT2D eigenvalue weighted by Crippen LogP contribution is 2.43. The monoisotopic (exact) mass is 298 g/mol. The number of nitrogens with zero attached hydrogens (tertiary/aromatic N) is 2.